The number of anilines is 2. The molecule has 1 heterocycles. The molecule has 158 valence electrons. The lowest BCUT2D eigenvalue weighted by atomic mass is 10.1. The summed E-state index contributed by atoms with van der Waals surface area (Å²) >= 11 is 1.64. The van der Waals surface area contributed by atoms with Gasteiger partial charge in [0, 0.05) is 17.8 Å². The molecular weight excluding hydrogens is 404 g/mol. The Hall–Kier alpha value is -3.05. The zero-order valence-corrected chi connectivity index (χ0v) is 18.4. The summed E-state index contributed by atoms with van der Waals surface area (Å²) < 4.78 is 0. The van der Waals surface area contributed by atoms with E-state index in [1.54, 1.807) is 11.8 Å². The molecule has 0 radical (unpaired) electrons. The normalized spacial score (nSPS) is 15.8. The number of rotatable bonds is 7. The molecule has 3 aromatic rings. The molecule has 0 bridgehead atoms. The molecule has 1 atom stereocenters. The number of thioether (sulfide) groups is 1. The van der Waals surface area contributed by atoms with Gasteiger partial charge in [0.25, 0.3) is 0 Å². The zero-order chi connectivity index (χ0) is 21.6. The van der Waals surface area contributed by atoms with Gasteiger partial charge in [0.15, 0.2) is 0 Å². The Labute approximate surface area is 187 Å². The van der Waals surface area contributed by atoms with Crippen molar-refractivity contribution in [3.05, 3.63) is 95.6 Å². The van der Waals surface area contributed by atoms with Gasteiger partial charge in [-0.2, -0.15) is 0 Å². The van der Waals surface area contributed by atoms with Crippen LogP contribution < -0.4 is 10.2 Å². The molecule has 1 fully saturated rings. The van der Waals surface area contributed by atoms with E-state index in [4.69, 9.17) is 0 Å². The Morgan fingerprint density at radius 3 is 2.45 bits per heavy atom. The Morgan fingerprint density at radius 2 is 1.71 bits per heavy atom. The predicted molar refractivity (Wildman–Crippen MR) is 128 cm³/mol. The summed E-state index contributed by atoms with van der Waals surface area (Å²) in [7, 11) is 0. The van der Waals surface area contributed by atoms with Crippen molar-refractivity contribution < 1.29 is 9.59 Å². The molecule has 1 aliphatic heterocycles. The Kier molecular flexibility index (Phi) is 6.73. The van der Waals surface area contributed by atoms with E-state index in [9.17, 15) is 9.59 Å². The molecule has 0 saturated carbocycles. The Balaban J connectivity index is 1.43. The highest BCUT2D eigenvalue weighted by Crippen LogP contribution is 2.43. The molecule has 0 aromatic heterocycles. The number of hydrogen-bond donors (Lipinski definition) is 1. The number of carbonyl (C=O) groups is 2. The SMILES string of the molecule is CCc1ccccc1N1C(=O)CS[C@H]1c1ccc(NC(=O)CCc2ccccc2)cc1. The van der Waals surface area contributed by atoms with Crippen molar-refractivity contribution in [2.75, 3.05) is 16.0 Å². The van der Waals surface area contributed by atoms with Crippen molar-refractivity contribution in [3.63, 3.8) is 0 Å². The number of hydrogen-bond acceptors (Lipinski definition) is 3. The fraction of sp³-hybridized carbons (Fsp3) is 0.231. The molecule has 0 unspecified atom stereocenters. The van der Waals surface area contributed by atoms with Crippen molar-refractivity contribution in [3.8, 4) is 0 Å². The van der Waals surface area contributed by atoms with E-state index in [0.717, 1.165) is 35.3 Å². The average molecular weight is 431 g/mol. The minimum atomic E-state index is -0.0527. The highest BCUT2D eigenvalue weighted by molar-refractivity contribution is 8.00. The van der Waals surface area contributed by atoms with E-state index in [1.807, 2.05) is 77.7 Å². The lowest BCUT2D eigenvalue weighted by molar-refractivity contribution is -0.116. The number of nitrogens with one attached hydrogen (secondary N) is 1. The highest BCUT2D eigenvalue weighted by Gasteiger charge is 2.34. The first-order valence-electron chi connectivity index (χ1n) is 10.6. The molecule has 0 spiro atoms. The van der Waals surface area contributed by atoms with E-state index < -0.39 is 0 Å². The topological polar surface area (TPSA) is 49.4 Å². The van der Waals surface area contributed by atoms with Gasteiger partial charge in [-0.15, -0.1) is 11.8 Å². The fourth-order valence-electron chi connectivity index (χ4n) is 3.83. The summed E-state index contributed by atoms with van der Waals surface area (Å²) in [4.78, 5) is 26.9. The summed E-state index contributed by atoms with van der Waals surface area (Å²) in [5, 5.41) is 2.92. The predicted octanol–water partition coefficient (Wildman–Crippen LogP) is 5.60. The molecule has 31 heavy (non-hydrogen) atoms. The second kappa shape index (κ2) is 9.84. The van der Waals surface area contributed by atoms with Crippen LogP contribution in [0, 0.1) is 0 Å². The van der Waals surface area contributed by atoms with E-state index in [-0.39, 0.29) is 17.2 Å². The van der Waals surface area contributed by atoms with Crippen LogP contribution in [0.3, 0.4) is 0 Å². The first kappa shape index (κ1) is 21.2. The summed E-state index contributed by atoms with van der Waals surface area (Å²) in [5.74, 6) is 0.607. The first-order chi connectivity index (χ1) is 15.2. The quantitative estimate of drug-likeness (QED) is 0.531. The third-order valence-corrected chi connectivity index (χ3v) is 6.68. The van der Waals surface area contributed by atoms with Gasteiger partial charge in [-0.3, -0.25) is 14.5 Å². The van der Waals surface area contributed by atoms with Crippen LogP contribution in [0.25, 0.3) is 0 Å². The average Bonchev–Trinajstić information content (AvgIpc) is 3.20. The van der Waals surface area contributed by atoms with E-state index in [1.165, 1.54) is 5.56 Å². The van der Waals surface area contributed by atoms with Crippen molar-refractivity contribution in [2.24, 2.45) is 0 Å². The van der Waals surface area contributed by atoms with Crippen LogP contribution in [0.5, 0.6) is 0 Å². The van der Waals surface area contributed by atoms with E-state index >= 15 is 0 Å². The van der Waals surface area contributed by atoms with Gasteiger partial charge in [0.2, 0.25) is 11.8 Å². The maximum Gasteiger partial charge on any atom is 0.238 e. The van der Waals surface area contributed by atoms with Gasteiger partial charge in [0.05, 0.1) is 5.75 Å². The number of benzene rings is 3. The molecule has 4 nitrogen and oxygen atoms in total. The van der Waals surface area contributed by atoms with Crippen molar-refractivity contribution in [2.45, 2.75) is 31.6 Å². The lowest BCUT2D eigenvalue weighted by Crippen LogP contribution is -2.28. The van der Waals surface area contributed by atoms with Gasteiger partial charge >= 0.3 is 0 Å². The molecule has 1 aliphatic rings. The molecule has 2 amide bonds. The van der Waals surface area contributed by atoms with Gasteiger partial charge in [0.1, 0.15) is 5.37 Å². The summed E-state index contributed by atoms with van der Waals surface area (Å²) in [6.45, 7) is 2.11. The molecule has 4 rings (SSSR count). The standard InChI is InChI=1S/C26H26N2O2S/c1-2-20-10-6-7-11-23(20)28-25(30)18-31-26(28)21-13-15-22(16-14-21)27-24(29)17-12-19-8-4-3-5-9-19/h3-11,13-16,26H,2,12,17-18H2,1H3,(H,27,29)/t26-/m0/s1. The zero-order valence-electron chi connectivity index (χ0n) is 17.6. The van der Waals surface area contributed by atoms with Crippen LogP contribution >= 0.6 is 11.8 Å². The van der Waals surface area contributed by atoms with Crippen molar-refractivity contribution in [1.29, 1.82) is 0 Å². The number of carbonyl (C=O) groups excluding carboxylic acids is 2. The minimum absolute atomic E-state index is 0.000483. The molecule has 0 aliphatic carbocycles. The summed E-state index contributed by atoms with van der Waals surface area (Å²) in [5.41, 5.74) is 5.15. The van der Waals surface area contributed by atoms with Gasteiger partial charge in [-0.05, 0) is 47.7 Å². The monoisotopic (exact) mass is 430 g/mol. The molecule has 5 heteroatoms. The molecule has 3 aromatic carbocycles. The largest absolute Gasteiger partial charge is 0.326 e. The molecular formula is C26H26N2O2S. The van der Waals surface area contributed by atoms with Gasteiger partial charge < -0.3 is 5.32 Å². The van der Waals surface area contributed by atoms with Gasteiger partial charge in [-0.1, -0.05) is 67.6 Å². The minimum Gasteiger partial charge on any atom is -0.326 e. The Bertz CT molecular complexity index is 1050. The summed E-state index contributed by atoms with van der Waals surface area (Å²) in [6.07, 6.45) is 2.04. The summed E-state index contributed by atoms with van der Waals surface area (Å²) in [6, 6.07) is 26.0. The fourth-order valence-corrected chi connectivity index (χ4v) is 5.00. The lowest BCUT2D eigenvalue weighted by Gasteiger charge is -2.26. The molecule has 1 N–H and O–H groups in total. The Morgan fingerprint density at radius 1 is 1.00 bits per heavy atom. The second-order valence-corrected chi connectivity index (χ2v) is 8.63. The first-order valence-corrected chi connectivity index (χ1v) is 11.7. The van der Waals surface area contributed by atoms with E-state index in [0.29, 0.717) is 12.2 Å². The number of nitrogens with zero attached hydrogens (tertiary/aromatic N) is 1. The van der Waals surface area contributed by atoms with Crippen LogP contribution in [0.1, 0.15) is 35.4 Å². The van der Waals surface area contributed by atoms with Crippen LogP contribution in [-0.4, -0.2) is 17.6 Å². The third-order valence-electron chi connectivity index (χ3n) is 5.46. The van der Waals surface area contributed by atoms with Crippen LogP contribution in [0.4, 0.5) is 11.4 Å². The molecule has 1 saturated heterocycles. The van der Waals surface area contributed by atoms with Gasteiger partial charge in [-0.25, -0.2) is 0 Å². The number of para-hydroxylation sites is 1. The smallest absolute Gasteiger partial charge is 0.238 e. The maximum atomic E-state index is 12.7. The maximum absolute atomic E-state index is 12.7. The van der Waals surface area contributed by atoms with Crippen LogP contribution in [-0.2, 0) is 22.4 Å². The van der Waals surface area contributed by atoms with Crippen molar-refractivity contribution in [1.82, 2.24) is 0 Å². The van der Waals surface area contributed by atoms with Crippen LogP contribution in [0.15, 0.2) is 78.9 Å². The highest BCUT2D eigenvalue weighted by atomic mass is 32.2. The number of amides is 2. The third kappa shape index (κ3) is 5.00. The number of aryl methyl sites for hydroxylation is 2. The van der Waals surface area contributed by atoms with Crippen molar-refractivity contribution >= 4 is 35.0 Å². The van der Waals surface area contributed by atoms with Crippen LogP contribution in [0.2, 0.25) is 0 Å². The van der Waals surface area contributed by atoms with E-state index in [2.05, 4.69) is 18.3 Å². The second-order valence-electron chi connectivity index (χ2n) is 7.57.